The number of halogens is 1. The normalized spacial score (nSPS) is 10.5. The van der Waals surface area contributed by atoms with Crippen molar-refractivity contribution >= 4 is 5.97 Å². The number of hydrogen-bond donors (Lipinski definition) is 1. The van der Waals surface area contributed by atoms with Crippen molar-refractivity contribution in [3.05, 3.63) is 90.8 Å². The molecule has 0 atom stereocenters. The molecule has 0 aliphatic carbocycles. The molecule has 0 aliphatic heterocycles. The molecule has 3 rings (SSSR count). The van der Waals surface area contributed by atoms with Gasteiger partial charge in [-0.3, -0.25) is 0 Å². The number of carbonyl (C=O) groups is 1. The lowest BCUT2D eigenvalue weighted by Crippen LogP contribution is -2.11. The van der Waals surface area contributed by atoms with E-state index in [1.165, 1.54) is 6.07 Å². The van der Waals surface area contributed by atoms with Gasteiger partial charge in [0.2, 0.25) is 0 Å². The van der Waals surface area contributed by atoms with Crippen LogP contribution < -0.4 is 4.74 Å². The average molecular weight is 406 g/mol. The van der Waals surface area contributed by atoms with Gasteiger partial charge in [0.1, 0.15) is 24.8 Å². The van der Waals surface area contributed by atoms with Crippen LogP contribution in [0.4, 0.5) is 4.39 Å². The van der Waals surface area contributed by atoms with E-state index in [4.69, 9.17) is 9.47 Å². The van der Waals surface area contributed by atoms with Gasteiger partial charge >= 0.3 is 5.97 Å². The molecule has 0 heterocycles. The Bertz CT molecular complexity index is 1010. The molecule has 0 saturated carbocycles. The number of carbonyl (C=O) groups excluding carboxylic acids is 1. The molecule has 0 amide bonds. The highest BCUT2D eigenvalue weighted by Crippen LogP contribution is 2.32. The Balaban J connectivity index is 1.83. The lowest BCUT2D eigenvalue weighted by Gasteiger charge is -2.14. The maximum absolute atomic E-state index is 14.9. The highest BCUT2D eigenvalue weighted by molar-refractivity contribution is 5.81. The molecule has 1 N–H and O–H groups in total. The maximum Gasteiger partial charge on any atom is 0.330 e. The van der Waals surface area contributed by atoms with Gasteiger partial charge in [-0.15, -0.1) is 0 Å². The van der Waals surface area contributed by atoms with Crippen LogP contribution in [-0.4, -0.2) is 30.9 Å². The summed E-state index contributed by atoms with van der Waals surface area (Å²) in [6.07, 6.45) is 1.48. The number of aliphatic hydroxyl groups excluding tert-OH is 1. The summed E-state index contributed by atoms with van der Waals surface area (Å²) in [5.41, 5.74) is 3.64. The van der Waals surface area contributed by atoms with Gasteiger partial charge in [0, 0.05) is 18.2 Å². The molecule has 0 fully saturated rings. The van der Waals surface area contributed by atoms with Crippen LogP contribution >= 0.6 is 0 Å². The summed E-state index contributed by atoms with van der Waals surface area (Å²) < 4.78 is 25.5. The Kier molecular flexibility index (Phi) is 7.35. The summed E-state index contributed by atoms with van der Waals surface area (Å²) in [5.74, 6) is -0.344. The Labute approximate surface area is 175 Å². The van der Waals surface area contributed by atoms with Crippen molar-refractivity contribution in [3.63, 3.8) is 0 Å². The lowest BCUT2D eigenvalue weighted by atomic mass is 9.98. The van der Waals surface area contributed by atoms with Crippen molar-refractivity contribution in [2.45, 2.75) is 6.42 Å². The molecule has 0 spiro atoms. The summed E-state index contributed by atoms with van der Waals surface area (Å²) in [6, 6.07) is 20.1. The molecule has 30 heavy (non-hydrogen) atoms. The van der Waals surface area contributed by atoms with Crippen LogP contribution in [0.15, 0.2) is 79.4 Å². The number of benzene rings is 3. The minimum atomic E-state index is -0.525. The molecule has 3 aromatic rings. The first kappa shape index (κ1) is 21.3. The van der Waals surface area contributed by atoms with Gasteiger partial charge in [0.05, 0.1) is 0 Å². The van der Waals surface area contributed by atoms with E-state index in [9.17, 15) is 14.3 Å². The largest absolute Gasteiger partial charge is 0.490 e. The van der Waals surface area contributed by atoms with Crippen LogP contribution in [-0.2, 0) is 16.0 Å². The topological polar surface area (TPSA) is 55.8 Å². The summed E-state index contributed by atoms with van der Waals surface area (Å²) in [5, 5.41) is 9.29. The minimum absolute atomic E-state index is 0.0404. The van der Waals surface area contributed by atoms with Gasteiger partial charge < -0.3 is 14.6 Å². The van der Waals surface area contributed by atoms with E-state index >= 15 is 0 Å². The number of esters is 1. The molecule has 0 aliphatic rings. The average Bonchev–Trinajstić information content (AvgIpc) is 2.78. The molecule has 5 heteroatoms. The predicted molar refractivity (Wildman–Crippen MR) is 115 cm³/mol. The minimum Gasteiger partial charge on any atom is -0.490 e. The number of rotatable bonds is 9. The fourth-order valence-electron chi connectivity index (χ4n) is 3.10. The Hall–Kier alpha value is -3.44. The number of ether oxygens (including phenoxy) is 2. The molecule has 0 aromatic heterocycles. The molecule has 0 radical (unpaired) electrons. The van der Waals surface area contributed by atoms with Gasteiger partial charge in [-0.05, 0) is 40.8 Å². The van der Waals surface area contributed by atoms with Crippen LogP contribution in [0, 0.1) is 5.82 Å². The summed E-state index contributed by atoms with van der Waals surface area (Å²) in [7, 11) is 0. The quantitative estimate of drug-likeness (QED) is 0.315. The van der Waals surface area contributed by atoms with Crippen molar-refractivity contribution in [2.24, 2.45) is 0 Å². The second-order valence-corrected chi connectivity index (χ2v) is 6.58. The van der Waals surface area contributed by atoms with Gasteiger partial charge in [0.25, 0.3) is 0 Å². The van der Waals surface area contributed by atoms with Crippen molar-refractivity contribution in [1.82, 2.24) is 0 Å². The number of hydrogen-bond acceptors (Lipinski definition) is 4. The SMILES string of the molecule is C=CC(=O)OCCOc1cc(-c2ccc(-c3ccccc3)cc2F)ccc1CCO. The number of aliphatic hydroxyl groups is 1. The van der Waals surface area contributed by atoms with Gasteiger partial charge in [-0.1, -0.05) is 61.2 Å². The van der Waals surface area contributed by atoms with Gasteiger partial charge in [-0.25, -0.2) is 9.18 Å². The van der Waals surface area contributed by atoms with Crippen LogP contribution in [0.1, 0.15) is 5.56 Å². The summed E-state index contributed by atoms with van der Waals surface area (Å²) in [4.78, 5) is 11.1. The zero-order valence-electron chi connectivity index (χ0n) is 16.5. The third-order valence-corrected chi connectivity index (χ3v) is 4.59. The second-order valence-electron chi connectivity index (χ2n) is 6.58. The Morgan fingerprint density at radius 1 is 0.967 bits per heavy atom. The van der Waals surface area contributed by atoms with E-state index in [1.807, 2.05) is 36.4 Å². The molecule has 154 valence electrons. The standard InChI is InChI=1S/C25H23FO4/c1-2-25(28)30-15-14-29-24-17-21(9-8-19(24)12-13-27)22-11-10-20(16-23(22)26)18-6-4-3-5-7-18/h2-11,16-17,27H,1,12-15H2. The van der Waals surface area contributed by atoms with E-state index in [-0.39, 0.29) is 25.6 Å². The zero-order chi connectivity index (χ0) is 21.3. The van der Waals surface area contributed by atoms with Crippen molar-refractivity contribution in [1.29, 1.82) is 0 Å². The first-order valence-corrected chi connectivity index (χ1v) is 9.63. The third kappa shape index (κ3) is 5.33. The van der Waals surface area contributed by atoms with Crippen LogP contribution in [0.25, 0.3) is 22.3 Å². The highest BCUT2D eigenvalue weighted by atomic mass is 19.1. The molecular weight excluding hydrogens is 383 g/mol. The monoisotopic (exact) mass is 406 g/mol. The van der Waals surface area contributed by atoms with Gasteiger partial charge in [0.15, 0.2) is 0 Å². The molecule has 4 nitrogen and oxygen atoms in total. The van der Waals surface area contributed by atoms with E-state index in [2.05, 4.69) is 6.58 Å². The molecule has 0 bridgehead atoms. The fourth-order valence-corrected chi connectivity index (χ4v) is 3.10. The third-order valence-electron chi connectivity index (χ3n) is 4.59. The van der Waals surface area contributed by atoms with Gasteiger partial charge in [-0.2, -0.15) is 0 Å². The van der Waals surface area contributed by atoms with Crippen LogP contribution in [0.3, 0.4) is 0 Å². The van der Waals surface area contributed by atoms with Crippen molar-refractivity contribution < 1.29 is 23.8 Å². The molecule has 3 aromatic carbocycles. The fraction of sp³-hybridized carbons (Fsp3) is 0.160. The second kappa shape index (κ2) is 10.4. The predicted octanol–water partition coefficient (Wildman–Crippen LogP) is 4.80. The first-order valence-electron chi connectivity index (χ1n) is 9.63. The summed E-state index contributed by atoms with van der Waals surface area (Å²) in [6.45, 7) is 3.49. The van der Waals surface area contributed by atoms with Crippen molar-refractivity contribution in [2.75, 3.05) is 19.8 Å². The molecule has 0 unspecified atom stereocenters. The lowest BCUT2D eigenvalue weighted by molar-refractivity contribution is -0.138. The Morgan fingerprint density at radius 2 is 1.73 bits per heavy atom. The van der Waals surface area contributed by atoms with Crippen LogP contribution in [0.2, 0.25) is 0 Å². The van der Waals surface area contributed by atoms with Crippen LogP contribution in [0.5, 0.6) is 5.75 Å². The van der Waals surface area contributed by atoms with E-state index in [0.717, 1.165) is 22.8 Å². The van der Waals surface area contributed by atoms with Crippen molar-refractivity contribution in [3.8, 4) is 28.0 Å². The highest BCUT2D eigenvalue weighted by Gasteiger charge is 2.11. The molecule has 0 saturated heterocycles. The summed E-state index contributed by atoms with van der Waals surface area (Å²) >= 11 is 0. The van der Waals surface area contributed by atoms with E-state index in [1.54, 1.807) is 24.3 Å². The van der Waals surface area contributed by atoms with E-state index < -0.39 is 5.97 Å². The Morgan fingerprint density at radius 3 is 2.43 bits per heavy atom. The van der Waals surface area contributed by atoms with E-state index in [0.29, 0.717) is 23.3 Å². The first-order chi connectivity index (χ1) is 14.6. The zero-order valence-corrected chi connectivity index (χ0v) is 16.5. The smallest absolute Gasteiger partial charge is 0.330 e. The maximum atomic E-state index is 14.9. The molecular formula is C25H23FO4.